The fourth-order valence-electron chi connectivity index (χ4n) is 3.40. The Morgan fingerprint density at radius 2 is 1.62 bits per heavy atom. The number of hydrogen-bond acceptors (Lipinski definition) is 8. The number of sulfonamides is 1. The molecule has 0 radical (unpaired) electrons. The quantitative estimate of drug-likeness (QED) is 0.411. The summed E-state index contributed by atoms with van der Waals surface area (Å²) in [6, 6.07) is 16.0. The average Bonchev–Trinajstić information content (AvgIpc) is 2.79. The number of benzene rings is 2. The second-order valence-electron chi connectivity index (χ2n) is 7.17. The molecule has 0 atom stereocenters. The molecule has 11 heteroatoms. The van der Waals surface area contributed by atoms with E-state index in [9.17, 15) is 18.5 Å². The van der Waals surface area contributed by atoms with E-state index in [1.165, 1.54) is 28.6 Å². The van der Waals surface area contributed by atoms with Gasteiger partial charge in [0.2, 0.25) is 15.9 Å². The van der Waals surface area contributed by atoms with Crippen molar-refractivity contribution in [2.75, 3.05) is 31.1 Å². The molecule has 166 valence electrons. The normalized spacial score (nSPS) is 14.8. The topological polar surface area (TPSA) is 119 Å². The predicted octanol–water partition coefficient (Wildman–Crippen LogP) is 3.00. The molecule has 1 aromatic heterocycles. The molecule has 3 aromatic rings. The molecule has 0 N–H and O–H groups in total. The Labute approximate surface area is 185 Å². The lowest BCUT2D eigenvalue weighted by Gasteiger charge is -2.34. The molecule has 1 aliphatic heterocycles. The summed E-state index contributed by atoms with van der Waals surface area (Å²) < 4.78 is 33.0. The maximum Gasteiger partial charge on any atom is 0.269 e. The van der Waals surface area contributed by atoms with Gasteiger partial charge in [0.1, 0.15) is 17.4 Å². The third-order valence-electron chi connectivity index (χ3n) is 5.01. The van der Waals surface area contributed by atoms with Crippen molar-refractivity contribution >= 4 is 21.5 Å². The highest BCUT2D eigenvalue weighted by molar-refractivity contribution is 7.89. The summed E-state index contributed by atoms with van der Waals surface area (Å²) >= 11 is 0. The van der Waals surface area contributed by atoms with Gasteiger partial charge in [-0.15, -0.1) is 0 Å². The van der Waals surface area contributed by atoms with Crippen LogP contribution in [0.25, 0.3) is 0 Å². The molecular formula is C21H21N5O5S. The summed E-state index contributed by atoms with van der Waals surface area (Å²) in [5.74, 6) is 2.29. The van der Waals surface area contributed by atoms with Crippen molar-refractivity contribution in [3.63, 3.8) is 0 Å². The first-order valence-corrected chi connectivity index (χ1v) is 11.3. The number of para-hydroxylation sites is 1. The van der Waals surface area contributed by atoms with Gasteiger partial charge in [0.05, 0.1) is 9.82 Å². The first kappa shape index (κ1) is 21.7. The minimum Gasteiger partial charge on any atom is -0.439 e. The van der Waals surface area contributed by atoms with Gasteiger partial charge in [-0.3, -0.25) is 10.1 Å². The van der Waals surface area contributed by atoms with Crippen LogP contribution < -0.4 is 9.64 Å². The largest absolute Gasteiger partial charge is 0.439 e. The second kappa shape index (κ2) is 8.89. The molecule has 1 fully saturated rings. The minimum absolute atomic E-state index is 0.0352. The Bertz CT molecular complexity index is 1210. The highest BCUT2D eigenvalue weighted by Crippen LogP contribution is 2.25. The van der Waals surface area contributed by atoms with Gasteiger partial charge in [0.25, 0.3) is 5.69 Å². The van der Waals surface area contributed by atoms with Crippen LogP contribution in [-0.2, 0) is 10.0 Å². The summed E-state index contributed by atoms with van der Waals surface area (Å²) in [5, 5.41) is 10.8. The molecular weight excluding hydrogens is 434 g/mol. The van der Waals surface area contributed by atoms with Crippen LogP contribution in [0.5, 0.6) is 11.6 Å². The molecule has 1 aliphatic rings. The lowest BCUT2D eigenvalue weighted by atomic mass is 10.3. The Morgan fingerprint density at radius 3 is 2.25 bits per heavy atom. The van der Waals surface area contributed by atoms with Gasteiger partial charge in [0.15, 0.2) is 0 Å². The standard InChI is InChI=1S/C21H21N5O5S/c1-16-22-20(15-21(23-16)31-18-5-3-2-4-6-18)24-11-13-25(14-12-24)32(29,30)19-9-7-17(8-10-19)26(27)28/h2-10,15H,11-14H2,1H3. The minimum atomic E-state index is -3.74. The number of rotatable bonds is 6. The van der Waals surface area contributed by atoms with Crippen LogP contribution in [0.1, 0.15) is 5.82 Å². The Hall–Kier alpha value is -3.57. The lowest BCUT2D eigenvalue weighted by molar-refractivity contribution is -0.384. The Kier molecular flexibility index (Phi) is 6.01. The number of aromatic nitrogens is 2. The van der Waals surface area contributed by atoms with Crippen LogP contribution in [0, 0.1) is 17.0 Å². The molecule has 4 rings (SSSR count). The van der Waals surface area contributed by atoms with Crippen molar-refractivity contribution in [2.45, 2.75) is 11.8 Å². The summed E-state index contributed by atoms with van der Waals surface area (Å²) in [4.78, 5) is 21.1. The van der Waals surface area contributed by atoms with Crippen LogP contribution in [0.4, 0.5) is 11.5 Å². The number of nitrogens with zero attached hydrogens (tertiary/aromatic N) is 5. The number of nitro groups is 1. The first-order chi connectivity index (χ1) is 15.3. The van der Waals surface area contributed by atoms with E-state index in [1.807, 2.05) is 35.2 Å². The number of anilines is 1. The summed E-state index contributed by atoms with van der Waals surface area (Å²) in [7, 11) is -3.74. The van der Waals surface area contributed by atoms with Crippen LogP contribution >= 0.6 is 0 Å². The Morgan fingerprint density at radius 1 is 0.969 bits per heavy atom. The molecule has 0 amide bonds. The third-order valence-corrected chi connectivity index (χ3v) is 6.93. The van der Waals surface area contributed by atoms with E-state index in [-0.39, 0.29) is 23.7 Å². The van der Waals surface area contributed by atoms with E-state index in [2.05, 4.69) is 9.97 Å². The van der Waals surface area contributed by atoms with Gasteiger partial charge in [-0.25, -0.2) is 13.4 Å². The monoisotopic (exact) mass is 455 g/mol. The predicted molar refractivity (Wildman–Crippen MR) is 117 cm³/mol. The zero-order valence-corrected chi connectivity index (χ0v) is 18.1. The van der Waals surface area contributed by atoms with Crippen LogP contribution in [0.15, 0.2) is 65.6 Å². The SMILES string of the molecule is Cc1nc(Oc2ccccc2)cc(N2CCN(S(=O)(=O)c3ccc([N+](=O)[O-])cc3)CC2)n1. The van der Waals surface area contributed by atoms with Gasteiger partial charge in [-0.2, -0.15) is 9.29 Å². The van der Waals surface area contributed by atoms with E-state index in [0.29, 0.717) is 36.4 Å². The molecule has 0 bridgehead atoms. The zero-order chi connectivity index (χ0) is 22.7. The maximum absolute atomic E-state index is 12.9. The number of non-ortho nitro benzene ring substituents is 1. The van der Waals surface area contributed by atoms with Crippen LogP contribution in [0.2, 0.25) is 0 Å². The number of hydrogen-bond donors (Lipinski definition) is 0. The number of nitro benzene ring substituents is 1. The highest BCUT2D eigenvalue weighted by atomic mass is 32.2. The molecule has 32 heavy (non-hydrogen) atoms. The molecule has 0 spiro atoms. The molecule has 2 heterocycles. The van der Waals surface area contributed by atoms with Crippen molar-refractivity contribution < 1.29 is 18.1 Å². The summed E-state index contributed by atoms with van der Waals surface area (Å²) in [6.07, 6.45) is 0. The van der Waals surface area contributed by atoms with Crippen LogP contribution in [-0.4, -0.2) is 53.8 Å². The third kappa shape index (κ3) is 4.68. The fraction of sp³-hybridized carbons (Fsp3) is 0.238. The van der Waals surface area contributed by atoms with Gasteiger partial charge < -0.3 is 9.64 Å². The first-order valence-electron chi connectivity index (χ1n) is 9.91. The van der Waals surface area contributed by atoms with Gasteiger partial charge in [-0.1, -0.05) is 18.2 Å². The molecule has 1 saturated heterocycles. The molecule has 0 aliphatic carbocycles. The lowest BCUT2D eigenvalue weighted by Crippen LogP contribution is -2.49. The number of aryl methyl sites for hydroxylation is 1. The van der Waals surface area contributed by atoms with Crippen molar-refractivity contribution in [2.24, 2.45) is 0 Å². The van der Waals surface area contributed by atoms with E-state index in [0.717, 1.165) is 0 Å². The zero-order valence-electron chi connectivity index (χ0n) is 17.3. The molecule has 10 nitrogen and oxygen atoms in total. The smallest absolute Gasteiger partial charge is 0.269 e. The fourth-order valence-corrected chi connectivity index (χ4v) is 4.82. The van der Waals surface area contributed by atoms with E-state index >= 15 is 0 Å². The number of piperazine rings is 1. The second-order valence-corrected chi connectivity index (χ2v) is 9.11. The van der Waals surface area contributed by atoms with E-state index < -0.39 is 14.9 Å². The van der Waals surface area contributed by atoms with Gasteiger partial charge >= 0.3 is 0 Å². The summed E-state index contributed by atoms with van der Waals surface area (Å²) in [5.41, 5.74) is -0.151. The molecule has 0 saturated carbocycles. The molecule has 0 unspecified atom stereocenters. The van der Waals surface area contributed by atoms with Crippen LogP contribution in [0.3, 0.4) is 0 Å². The van der Waals surface area contributed by atoms with Crippen molar-refractivity contribution in [3.8, 4) is 11.6 Å². The average molecular weight is 455 g/mol. The van der Waals surface area contributed by atoms with E-state index in [1.54, 1.807) is 13.0 Å². The van der Waals surface area contributed by atoms with Crippen molar-refractivity contribution in [3.05, 3.63) is 76.6 Å². The molecule has 2 aromatic carbocycles. The van der Waals surface area contributed by atoms with Gasteiger partial charge in [0, 0.05) is 44.4 Å². The summed E-state index contributed by atoms with van der Waals surface area (Å²) in [6.45, 7) is 3.17. The number of ether oxygens (including phenoxy) is 1. The van der Waals surface area contributed by atoms with E-state index in [4.69, 9.17) is 4.74 Å². The maximum atomic E-state index is 12.9. The van der Waals surface area contributed by atoms with Gasteiger partial charge in [-0.05, 0) is 31.2 Å². The Balaban J connectivity index is 1.46. The van der Waals surface area contributed by atoms with Crippen molar-refractivity contribution in [1.82, 2.24) is 14.3 Å². The van der Waals surface area contributed by atoms with Crippen molar-refractivity contribution in [1.29, 1.82) is 0 Å². The highest BCUT2D eigenvalue weighted by Gasteiger charge is 2.29.